The monoisotopic (exact) mass is 325 g/mol. The van der Waals surface area contributed by atoms with Crippen LogP contribution in [0.1, 0.15) is 36.5 Å². The molecule has 3 nitrogen and oxygen atoms in total. The van der Waals surface area contributed by atoms with Crippen LogP contribution in [-0.4, -0.2) is 36.6 Å². The number of likely N-dealkylation sites (tertiary alicyclic amines) is 1. The Morgan fingerprint density at radius 2 is 2.26 bits per heavy atom. The number of benzene rings is 1. The first kappa shape index (κ1) is 14.5. The number of halogens is 1. The third-order valence-corrected chi connectivity index (χ3v) is 4.02. The second kappa shape index (κ2) is 7.06. The highest BCUT2D eigenvalue weighted by molar-refractivity contribution is 9.10. The number of amides is 1. The van der Waals surface area contributed by atoms with Crippen LogP contribution in [0.3, 0.4) is 0 Å². The van der Waals surface area contributed by atoms with E-state index in [1.54, 1.807) is 0 Å². The number of rotatable bonds is 4. The van der Waals surface area contributed by atoms with E-state index >= 15 is 0 Å². The van der Waals surface area contributed by atoms with E-state index < -0.39 is 0 Å². The molecule has 0 aromatic heterocycles. The molecule has 1 unspecified atom stereocenters. The van der Waals surface area contributed by atoms with Gasteiger partial charge in [-0.1, -0.05) is 19.1 Å². The summed E-state index contributed by atoms with van der Waals surface area (Å²) in [6.45, 7) is 4.42. The molecule has 1 aromatic rings. The highest BCUT2D eigenvalue weighted by Crippen LogP contribution is 2.21. The van der Waals surface area contributed by atoms with Crippen molar-refractivity contribution in [3.05, 3.63) is 34.3 Å². The zero-order valence-corrected chi connectivity index (χ0v) is 12.9. The fraction of sp³-hybridized carbons (Fsp3) is 0.533. The summed E-state index contributed by atoms with van der Waals surface area (Å²) in [5.41, 5.74) is 0.735. The maximum atomic E-state index is 12.5. The van der Waals surface area contributed by atoms with Crippen LogP contribution in [-0.2, 0) is 4.74 Å². The maximum absolute atomic E-state index is 12.5. The van der Waals surface area contributed by atoms with Crippen molar-refractivity contribution in [2.75, 3.05) is 19.7 Å². The molecule has 0 N–H and O–H groups in total. The van der Waals surface area contributed by atoms with E-state index in [4.69, 9.17) is 4.74 Å². The van der Waals surface area contributed by atoms with Crippen molar-refractivity contribution in [3.63, 3.8) is 0 Å². The van der Waals surface area contributed by atoms with Gasteiger partial charge in [0.05, 0.1) is 11.7 Å². The zero-order chi connectivity index (χ0) is 13.7. The predicted octanol–water partition coefficient (Wildman–Crippen LogP) is 3.48. The van der Waals surface area contributed by atoms with E-state index in [2.05, 4.69) is 22.9 Å². The average Bonchev–Trinajstić information content (AvgIpc) is 2.45. The summed E-state index contributed by atoms with van der Waals surface area (Å²) in [4.78, 5) is 14.4. The number of carbonyl (C=O) groups is 1. The minimum absolute atomic E-state index is 0.0947. The summed E-state index contributed by atoms with van der Waals surface area (Å²) in [6, 6.07) is 7.59. The van der Waals surface area contributed by atoms with Crippen molar-refractivity contribution >= 4 is 21.8 Å². The Kier molecular flexibility index (Phi) is 5.40. The van der Waals surface area contributed by atoms with Crippen molar-refractivity contribution in [2.45, 2.75) is 32.3 Å². The fourth-order valence-corrected chi connectivity index (χ4v) is 2.80. The molecule has 1 saturated heterocycles. The molecule has 0 bridgehead atoms. The molecule has 0 saturated carbocycles. The number of piperidine rings is 1. The quantitative estimate of drug-likeness (QED) is 0.848. The molecule has 1 fully saturated rings. The molecule has 4 heteroatoms. The largest absolute Gasteiger partial charge is 0.376 e. The summed E-state index contributed by atoms with van der Waals surface area (Å²) in [5.74, 6) is 0.0947. The van der Waals surface area contributed by atoms with Gasteiger partial charge < -0.3 is 9.64 Å². The summed E-state index contributed by atoms with van der Waals surface area (Å²) in [6.07, 6.45) is 3.29. The van der Waals surface area contributed by atoms with Gasteiger partial charge in [-0.25, -0.2) is 0 Å². The van der Waals surface area contributed by atoms with Crippen molar-refractivity contribution in [2.24, 2.45) is 0 Å². The van der Waals surface area contributed by atoms with Crippen LogP contribution >= 0.6 is 15.9 Å². The van der Waals surface area contributed by atoms with E-state index in [9.17, 15) is 4.79 Å². The van der Waals surface area contributed by atoms with Gasteiger partial charge in [-0.3, -0.25) is 4.79 Å². The van der Waals surface area contributed by atoms with E-state index in [0.717, 1.165) is 42.5 Å². The second-order valence-electron chi connectivity index (χ2n) is 4.87. The van der Waals surface area contributed by atoms with Crippen molar-refractivity contribution in [3.8, 4) is 0 Å². The van der Waals surface area contributed by atoms with Crippen LogP contribution in [0.4, 0.5) is 0 Å². The first-order chi connectivity index (χ1) is 9.22. The van der Waals surface area contributed by atoms with Gasteiger partial charge >= 0.3 is 0 Å². The van der Waals surface area contributed by atoms with Crippen LogP contribution in [0.15, 0.2) is 28.7 Å². The Morgan fingerprint density at radius 1 is 1.47 bits per heavy atom. The van der Waals surface area contributed by atoms with Crippen LogP contribution in [0.5, 0.6) is 0 Å². The summed E-state index contributed by atoms with van der Waals surface area (Å²) >= 11 is 3.44. The normalized spacial score (nSPS) is 19.5. The molecule has 1 amide bonds. The average molecular weight is 326 g/mol. The van der Waals surface area contributed by atoms with Gasteiger partial charge in [-0.2, -0.15) is 0 Å². The molecule has 1 aliphatic heterocycles. The predicted molar refractivity (Wildman–Crippen MR) is 79.3 cm³/mol. The highest BCUT2D eigenvalue weighted by Gasteiger charge is 2.25. The first-order valence-corrected chi connectivity index (χ1v) is 7.67. The topological polar surface area (TPSA) is 29.5 Å². The van der Waals surface area contributed by atoms with E-state index in [-0.39, 0.29) is 12.0 Å². The number of ether oxygens (including phenoxy) is 1. The maximum Gasteiger partial charge on any atom is 0.255 e. The minimum atomic E-state index is 0.0947. The van der Waals surface area contributed by atoms with Crippen molar-refractivity contribution in [1.29, 1.82) is 0 Å². The van der Waals surface area contributed by atoms with Gasteiger partial charge in [0.25, 0.3) is 5.91 Å². The number of hydrogen-bond donors (Lipinski definition) is 0. The van der Waals surface area contributed by atoms with Crippen LogP contribution in [0, 0.1) is 0 Å². The van der Waals surface area contributed by atoms with Crippen LogP contribution in [0.25, 0.3) is 0 Å². The molecule has 104 valence electrons. The van der Waals surface area contributed by atoms with Crippen molar-refractivity contribution in [1.82, 2.24) is 4.90 Å². The van der Waals surface area contributed by atoms with Gasteiger partial charge in [-0.05, 0) is 47.3 Å². The molecular formula is C15H20BrNO2. The van der Waals surface area contributed by atoms with Gasteiger partial charge in [0.15, 0.2) is 0 Å². The number of hydrogen-bond acceptors (Lipinski definition) is 2. The van der Waals surface area contributed by atoms with Gasteiger partial charge in [-0.15, -0.1) is 0 Å². The Balaban J connectivity index is 2.01. The van der Waals surface area contributed by atoms with Gasteiger partial charge in [0.2, 0.25) is 0 Å². The molecule has 1 heterocycles. The van der Waals surface area contributed by atoms with Crippen LogP contribution < -0.4 is 0 Å². The Labute approximate surface area is 123 Å². The lowest BCUT2D eigenvalue weighted by molar-refractivity contribution is 0.00208. The smallest absolute Gasteiger partial charge is 0.255 e. The zero-order valence-electron chi connectivity index (χ0n) is 11.3. The summed E-state index contributed by atoms with van der Waals surface area (Å²) < 4.78 is 6.63. The molecule has 1 aliphatic rings. The Bertz CT molecular complexity index is 436. The summed E-state index contributed by atoms with van der Waals surface area (Å²) in [5, 5.41) is 0. The van der Waals surface area contributed by atoms with E-state index in [0.29, 0.717) is 6.54 Å². The molecule has 1 aromatic carbocycles. The SMILES string of the molecule is CCCOC1CCCN(C(=O)c2ccccc2Br)C1. The Morgan fingerprint density at radius 3 is 3.00 bits per heavy atom. The molecule has 19 heavy (non-hydrogen) atoms. The molecule has 2 rings (SSSR count). The minimum Gasteiger partial charge on any atom is -0.376 e. The lowest BCUT2D eigenvalue weighted by Gasteiger charge is -2.33. The lowest BCUT2D eigenvalue weighted by Crippen LogP contribution is -2.43. The standard InChI is InChI=1S/C15H20BrNO2/c1-2-10-19-12-6-5-9-17(11-12)15(18)13-7-3-4-8-14(13)16/h3-4,7-8,12H,2,5-6,9-11H2,1H3. The van der Waals surface area contributed by atoms with Gasteiger partial charge in [0.1, 0.15) is 0 Å². The highest BCUT2D eigenvalue weighted by atomic mass is 79.9. The van der Waals surface area contributed by atoms with E-state index in [1.165, 1.54) is 0 Å². The lowest BCUT2D eigenvalue weighted by atomic mass is 10.1. The van der Waals surface area contributed by atoms with Gasteiger partial charge in [0, 0.05) is 24.2 Å². The molecule has 0 radical (unpaired) electrons. The van der Waals surface area contributed by atoms with Crippen LogP contribution in [0.2, 0.25) is 0 Å². The summed E-state index contributed by atoms with van der Waals surface area (Å²) in [7, 11) is 0. The molecular weight excluding hydrogens is 306 g/mol. The molecule has 0 spiro atoms. The fourth-order valence-electron chi connectivity index (χ4n) is 2.35. The third kappa shape index (κ3) is 3.80. The number of nitrogens with zero attached hydrogens (tertiary/aromatic N) is 1. The number of carbonyl (C=O) groups excluding carboxylic acids is 1. The van der Waals surface area contributed by atoms with Crippen molar-refractivity contribution < 1.29 is 9.53 Å². The second-order valence-corrected chi connectivity index (χ2v) is 5.72. The molecule has 1 atom stereocenters. The third-order valence-electron chi connectivity index (χ3n) is 3.33. The van der Waals surface area contributed by atoms with E-state index in [1.807, 2.05) is 29.2 Å². The first-order valence-electron chi connectivity index (χ1n) is 6.87. The molecule has 0 aliphatic carbocycles. The Hall–Kier alpha value is -0.870.